The van der Waals surface area contributed by atoms with Gasteiger partial charge in [0.1, 0.15) is 0 Å². The second-order valence-corrected chi connectivity index (χ2v) is 1.57. The van der Waals surface area contributed by atoms with Crippen molar-refractivity contribution in [2.24, 2.45) is 0 Å². The minimum absolute atomic E-state index is 0. The molecule has 14 nitrogen and oxygen atoms in total. The Morgan fingerprint density at radius 3 is 0.741 bits per heavy atom. The van der Waals surface area contributed by atoms with Gasteiger partial charge in [0.05, 0.1) is 0 Å². The Labute approximate surface area is 213 Å². The van der Waals surface area contributed by atoms with Crippen LogP contribution in [0.2, 0.25) is 0 Å². The van der Waals surface area contributed by atoms with Crippen LogP contribution in [0.25, 0.3) is 5.59 Å². The molecule has 4 N–H and O–H groups in total. The van der Waals surface area contributed by atoms with Gasteiger partial charge in [-0.3, -0.25) is 0 Å². The van der Waals surface area contributed by atoms with Crippen LogP contribution >= 0.6 is 0 Å². The van der Waals surface area contributed by atoms with Crippen molar-refractivity contribution in [1.82, 2.24) is 0 Å². The Hall–Kier alpha value is -2.08. The quantitative estimate of drug-likeness (QED) is 0.293. The van der Waals surface area contributed by atoms with E-state index in [0.29, 0.717) is 0 Å². The van der Waals surface area contributed by atoms with Crippen LogP contribution in [-0.4, -0.2) is 44.6 Å². The van der Waals surface area contributed by atoms with Crippen LogP contribution in [0.1, 0.15) is 2.85 Å². The molecule has 2 unspecified atom stereocenters. The van der Waals surface area contributed by atoms with Gasteiger partial charge in [0.15, 0.2) is 12.2 Å². The summed E-state index contributed by atoms with van der Waals surface area (Å²) in [6.45, 7) is 21.0. The zero-order valence-electron chi connectivity index (χ0n) is 16.1. The number of nitrogens with zero attached hydrogens (tertiary/aromatic N) is 7. The van der Waals surface area contributed by atoms with Crippen molar-refractivity contribution < 1.29 is 109 Å². The minimum Gasteiger partial charge on any atom is -1.00 e. The Morgan fingerprint density at radius 2 is 0.704 bits per heavy atom. The van der Waals surface area contributed by atoms with Crippen molar-refractivity contribution in [3.8, 4) is 39.4 Å². The molecule has 0 fully saturated rings. The molecule has 0 heterocycles. The summed E-state index contributed by atoms with van der Waals surface area (Å²) in [5.41, 5.74) is 5.75. The van der Waals surface area contributed by atoms with Crippen molar-refractivity contribution in [3.63, 3.8) is 0 Å². The smallest absolute Gasteiger partial charge is 1.00 e. The Morgan fingerprint density at radius 1 is 0.630 bits per heavy atom. The molecule has 0 aliphatic carbocycles. The topological polar surface area (TPSA) is 297 Å². The normalized spacial score (nSPS) is 6.44. The maximum Gasteiger partial charge on any atom is 1.00 e. The number of aliphatic hydroxyl groups is 2. The van der Waals surface area contributed by atoms with Crippen molar-refractivity contribution >= 4 is 11.9 Å². The number of nitriles is 6. The molecule has 0 aliphatic heterocycles. The molecule has 0 radical (unpaired) electrons. The summed E-state index contributed by atoms with van der Waals surface area (Å²) in [5.74, 6) is -3.54. The van der Waals surface area contributed by atoms with Gasteiger partial charge in [0, 0.05) is 56.5 Å². The van der Waals surface area contributed by atoms with E-state index in [1.54, 1.807) is 0 Å². The number of carboxylic acid groups (broad SMARTS) is 2. The van der Waals surface area contributed by atoms with Crippen LogP contribution in [0, 0.1) is 75.9 Å². The van der Waals surface area contributed by atoms with Crippen molar-refractivity contribution in [2.75, 3.05) is 0 Å². The third kappa shape index (κ3) is 117. The molecule has 0 rings (SSSR count). The fourth-order valence-electron chi connectivity index (χ4n) is 0.270. The van der Waals surface area contributed by atoms with E-state index < -0.39 is 24.1 Å². The van der Waals surface area contributed by atoms with E-state index in [-0.39, 0.29) is 79.0 Å². The summed E-state index contributed by atoms with van der Waals surface area (Å²) < 4.78 is 0. The van der Waals surface area contributed by atoms with E-state index >= 15 is 0 Å². The number of aliphatic hydroxyl groups excluding tert-OH is 2. The van der Waals surface area contributed by atoms with E-state index in [0.717, 1.165) is 0 Å². The molecule has 2 atom stereocenters. The molecular weight excluding hydrogens is 432 g/mol. The first kappa shape index (κ1) is 73.6. The van der Waals surface area contributed by atoms with Gasteiger partial charge in [-0.1, -0.05) is 0 Å². The van der Waals surface area contributed by atoms with Crippen molar-refractivity contribution in [2.45, 2.75) is 12.2 Å². The average molecular weight is 446 g/mol. The van der Waals surface area contributed by atoms with Gasteiger partial charge >= 0.3 is 71.1 Å². The number of nitroso groups, excluding NO2 is 1. The van der Waals surface area contributed by atoms with Crippen LogP contribution in [0.3, 0.4) is 0 Å². The average Bonchev–Trinajstić information content (AvgIpc) is 2.71. The van der Waals surface area contributed by atoms with Gasteiger partial charge in [-0.15, -0.1) is 0 Å². The van der Waals surface area contributed by atoms with E-state index in [1.165, 1.54) is 0 Å². The Bertz CT molecular complexity index is 349. The molecule has 0 bridgehead atoms. The van der Waals surface area contributed by atoms with E-state index in [4.69, 9.17) is 62.5 Å². The largest absolute Gasteiger partial charge is 1.00 e. The van der Waals surface area contributed by atoms with Gasteiger partial charge in [-0.25, -0.2) is 41.2 Å². The molecule has 0 aliphatic rings. The summed E-state index contributed by atoms with van der Waals surface area (Å²) in [6, 6.07) is 0. The molecule has 142 valence electrons. The van der Waals surface area contributed by atoms with Gasteiger partial charge in [0.25, 0.3) is 0 Å². The molecule has 0 spiro atoms. The third-order valence-electron chi connectivity index (χ3n) is 0.805. The van der Waals surface area contributed by atoms with E-state index in [9.17, 15) is 9.59 Å². The molecule has 0 aromatic rings. The van der Waals surface area contributed by atoms with E-state index in [1.807, 2.05) is 0 Å². The van der Waals surface area contributed by atoms with Gasteiger partial charge in [0.2, 0.25) is 0 Å². The summed E-state index contributed by atoms with van der Waals surface area (Å²) in [5, 5.41) is 71.5. The summed E-state index contributed by atoms with van der Waals surface area (Å²) in [7, 11) is 0. The fraction of sp³-hybridized carbons (Fsp3) is 0.200. The molecule has 0 saturated heterocycles. The van der Waals surface area contributed by atoms with Crippen LogP contribution < -0.4 is 59.1 Å². The standard InChI is InChI=1S/C4H6O6.6CHN.Fe.NO.2Na.2H/c5-1(3(7)8)2(6)4(9)10;6*1-2;;1-2;;;;/h1-2,5-6H,(H,7,8)(H,9,10);6*1H;;;;;;/q;;;;;;;;-1;2*+1;2*-1. The van der Waals surface area contributed by atoms with Crippen LogP contribution in [-0.2, 0) is 26.7 Å². The van der Waals surface area contributed by atoms with Crippen LogP contribution in [0.4, 0.5) is 0 Å². The van der Waals surface area contributed by atoms with Gasteiger partial charge in [-0.05, 0) is 0 Å². The van der Waals surface area contributed by atoms with Crippen molar-refractivity contribution in [3.05, 3.63) is 10.5 Å². The maximum absolute atomic E-state index is 9.77. The Balaban J connectivity index is -0.0000000107. The predicted molar refractivity (Wildman–Crippen MR) is 76.3 cm³/mol. The maximum atomic E-state index is 9.77. The number of hydrogen-bond acceptors (Lipinski definition) is 11. The second kappa shape index (κ2) is 128. The molecule has 17 heteroatoms. The zero-order chi connectivity index (χ0) is 22.3. The molecule has 0 aromatic carbocycles. The first-order valence-corrected chi connectivity index (χ1v) is 4.01. The number of carbonyl (C=O) groups is 2. The summed E-state index contributed by atoms with van der Waals surface area (Å²) in [6.07, 6.45) is -4.53. The molecule has 27 heavy (non-hydrogen) atoms. The van der Waals surface area contributed by atoms with E-state index in [2.05, 4.69) is 39.4 Å². The second-order valence-electron chi connectivity index (χ2n) is 1.57. The number of carboxylic acids is 2. The number of hydrogen-bond donors (Lipinski definition) is 4. The predicted octanol–water partition coefficient (Wildman–Crippen LogP) is -6.73. The van der Waals surface area contributed by atoms with Gasteiger partial charge in [-0.2, -0.15) is 0 Å². The summed E-state index contributed by atoms with van der Waals surface area (Å²) in [4.78, 5) is 26.8. The monoisotopic (exact) mass is 446 g/mol. The van der Waals surface area contributed by atoms with Gasteiger partial charge < -0.3 is 33.8 Å². The summed E-state index contributed by atoms with van der Waals surface area (Å²) >= 11 is 0. The number of aliphatic carboxylic acids is 2. The van der Waals surface area contributed by atoms with Crippen LogP contribution in [0.15, 0.2) is 0 Å². The minimum atomic E-state index is -2.27. The molecule has 0 saturated carbocycles. The first-order chi connectivity index (χ1) is 11.5. The SMILES string of the molecule is C#N.C#N.C#N.C#N.C#N.C#N.O=C(O)C(O)C(O)C(=O)O.[Fe].[H-].[H-].[N-]=O.[Na+].[Na+]. The van der Waals surface area contributed by atoms with Crippen LogP contribution in [0.5, 0.6) is 0 Å². The third-order valence-corrected chi connectivity index (χ3v) is 0.805. The van der Waals surface area contributed by atoms with Crippen molar-refractivity contribution in [1.29, 1.82) is 31.6 Å². The molecule has 0 aromatic heterocycles. The fourth-order valence-corrected chi connectivity index (χ4v) is 0.270. The first-order valence-electron chi connectivity index (χ1n) is 4.01. The number of rotatable bonds is 3. The molecular formula is C10H14FeN7Na2O7-. The zero-order valence-corrected chi connectivity index (χ0v) is 19.2. The Kier molecular flexibility index (Phi) is 348. The molecule has 0 amide bonds.